The monoisotopic (exact) mass is 440 g/mol. The van der Waals surface area contributed by atoms with Gasteiger partial charge in [-0.15, -0.1) is 0 Å². The van der Waals surface area contributed by atoms with Gasteiger partial charge in [0.15, 0.2) is 0 Å². The minimum Gasteiger partial charge on any atom is -0.336 e. The molecule has 4 rings (SSSR count). The molecule has 2 unspecified atom stereocenters. The minimum atomic E-state index is -0.256. The highest BCUT2D eigenvalue weighted by molar-refractivity contribution is 5.79. The molecule has 2 aliphatic heterocycles. The van der Waals surface area contributed by atoms with E-state index in [-0.39, 0.29) is 29.3 Å². The number of amides is 2. The average molecular weight is 441 g/mol. The van der Waals surface area contributed by atoms with E-state index in [2.05, 4.69) is 10.1 Å². The lowest BCUT2D eigenvalue weighted by Crippen LogP contribution is -2.44. The SMILES string of the molecule is CCC(=O)N1CCc2c(nc(C3CCCCN3C(=O)C(C)Cn3ccc(C)n3)[nH]c2=O)C1. The number of rotatable bonds is 5. The number of aromatic amines is 1. The second kappa shape index (κ2) is 9.26. The third-order valence-corrected chi connectivity index (χ3v) is 6.50. The highest BCUT2D eigenvalue weighted by Gasteiger charge is 2.33. The van der Waals surface area contributed by atoms with Crippen LogP contribution in [0.1, 0.15) is 68.3 Å². The van der Waals surface area contributed by atoms with Gasteiger partial charge in [-0.25, -0.2) is 4.98 Å². The zero-order valence-electron chi connectivity index (χ0n) is 19.1. The second-order valence-corrected chi connectivity index (χ2v) is 8.92. The van der Waals surface area contributed by atoms with Crippen LogP contribution in [-0.4, -0.2) is 54.5 Å². The van der Waals surface area contributed by atoms with Crippen molar-refractivity contribution in [2.75, 3.05) is 13.1 Å². The number of carbonyl (C=O) groups is 2. The van der Waals surface area contributed by atoms with Crippen LogP contribution in [0.5, 0.6) is 0 Å². The van der Waals surface area contributed by atoms with E-state index in [1.807, 2.05) is 37.9 Å². The predicted octanol–water partition coefficient (Wildman–Crippen LogP) is 1.96. The normalized spacial score (nSPS) is 19.5. The van der Waals surface area contributed by atoms with Crippen molar-refractivity contribution in [3.63, 3.8) is 0 Å². The molecule has 9 nitrogen and oxygen atoms in total. The second-order valence-electron chi connectivity index (χ2n) is 8.92. The lowest BCUT2D eigenvalue weighted by molar-refractivity contribution is -0.139. The maximum atomic E-state index is 13.4. The van der Waals surface area contributed by atoms with Gasteiger partial charge in [-0.3, -0.25) is 19.1 Å². The number of carbonyl (C=O) groups excluding carboxylic acids is 2. The van der Waals surface area contributed by atoms with Crippen LogP contribution >= 0.6 is 0 Å². The average Bonchev–Trinajstić information content (AvgIpc) is 3.21. The highest BCUT2D eigenvalue weighted by Crippen LogP contribution is 2.31. The van der Waals surface area contributed by atoms with Crippen molar-refractivity contribution in [1.29, 1.82) is 0 Å². The Morgan fingerprint density at radius 1 is 1.28 bits per heavy atom. The molecule has 32 heavy (non-hydrogen) atoms. The maximum absolute atomic E-state index is 13.4. The summed E-state index contributed by atoms with van der Waals surface area (Å²) in [5.41, 5.74) is 2.10. The molecule has 0 bridgehead atoms. The largest absolute Gasteiger partial charge is 0.336 e. The summed E-state index contributed by atoms with van der Waals surface area (Å²) in [7, 11) is 0. The fourth-order valence-electron chi connectivity index (χ4n) is 4.74. The number of likely N-dealkylation sites (tertiary alicyclic amines) is 1. The van der Waals surface area contributed by atoms with Crippen molar-refractivity contribution in [3.8, 4) is 0 Å². The molecule has 0 saturated carbocycles. The number of fused-ring (bicyclic) bond motifs is 1. The molecule has 1 N–H and O–H groups in total. The van der Waals surface area contributed by atoms with Crippen LogP contribution in [0.2, 0.25) is 0 Å². The van der Waals surface area contributed by atoms with Crippen molar-refractivity contribution in [2.24, 2.45) is 5.92 Å². The van der Waals surface area contributed by atoms with Gasteiger partial charge in [0.1, 0.15) is 5.82 Å². The van der Waals surface area contributed by atoms with Gasteiger partial charge in [0, 0.05) is 31.3 Å². The number of hydrogen-bond donors (Lipinski definition) is 1. The van der Waals surface area contributed by atoms with E-state index in [9.17, 15) is 14.4 Å². The fourth-order valence-corrected chi connectivity index (χ4v) is 4.74. The molecule has 2 aromatic heterocycles. The standard InChI is InChI=1S/C23H32N6O3/c1-4-20(30)27-11-9-17-18(14-27)24-21(25-22(17)31)19-7-5-6-10-29(19)23(32)15(2)13-28-12-8-16(3)26-28/h8,12,15,19H,4-7,9-11,13-14H2,1-3H3,(H,24,25,31). The number of aromatic nitrogens is 4. The summed E-state index contributed by atoms with van der Waals surface area (Å²) in [4.78, 5) is 49.7. The van der Waals surface area contributed by atoms with Gasteiger partial charge in [0.25, 0.3) is 5.56 Å². The first-order valence-corrected chi connectivity index (χ1v) is 11.6. The lowest BCUT2D eigenvalue weighted by Gasteiger charge is -2.37. The van der Waals surface area contributed by atoms with E-state index < -0.39 is 0 Å². The fraction of sp³-hybridized carbons (Fsp3) is 0.609. The van der Waals surface area contributed by atoms with Gasteiger partial charge in [-0.2, -0.15) is 5.10 Å². The van der Waals surface area contributed by atoms with Gasteiger partial charge < -0.3 is 14.8 Å². The number of aryl methyl sites for hydroxylation is 1. The van der Waals surface area contributed by atoms with Gasteiger partial charge in [-0.1, -0.05) is 13.8 Å². The number of H-pyrrole nitrogens is 1. The van der Waals surface area contributed by atoms with Crippen LogP contribution in [0.4, 0.5) is 0 Å². The molecule has 2 atom stereocenters. The summed E-state index contributed by atoms with van der Waals surface area (Å²) in [6.45, 7) is 7.74. The van der Waals surface area contributed by atoms with Gasteiger partial charge in [-0.05, 0) is 38.7 Å². The molecule has 0 aliphatic carbocycles. The third kappa shape index (κ3) is 4.47. The Hall–Kier alpha value is -2.97. The number of hydrogen-bond acceptors (Lipinski definition) is 5. The molecule has 0 spiro atoms. The molecule has 2 aromatic rings. The summed E-state index contributed by atoms with van der Waals surface area (Å²) < 4.78 is 1.80. The van der Waals surface area contributed by atoms with Crippen molar-refractivity contribution >= 4 is 11.8 Å². The first-order valence-electron chi connectivity index (χ1n) is 11.6. The summed E-state index contributed by atoms with van der Waals surface area (Å²) in [5.74, 6) is 0.411. The van der Waals surface area contributed by atoms with E-state index >= 15 is 0 Å². The quantitative estimate of drug-likeness (QED) is 0.765. The molecule has 1 saturated heterocycles. The highest BCUT2D eigenvalue weighted by atomic mass is 16.2. The van der Waals surface area contributed by atoms with E-state index in [0.717, 1.165) is 25.0 Å². The van der Waals surface area contributed by atoms with Gasteiger partial charge in [0.05, 0.1) is 36.4 Å². The Kier molecular flexibility index (Phi) is 6.43. The molecule has 0 radical (unpaired) electrons. The van der Waals surface area contributed by atoms with E-state index in [1.54, 1.807) is 9.58 Å². The first kappa shape index (κ1) is 22.2. The zero-order chi connectivity index (χ0) is 22.8. The van der Waals surface area contributed by atoms with Crippen LogP contribution in [-0.2, 0) is 29.1 Å². The minimum absolute atomic E-state index is 0.0472. The Morgan fingerprint density at radius 2 is 2.09 bits per heavy atom. The van der Waals surface area contributed by atoms with Crippen LogP contribution in [0.25, 0.3) is 0 Å². The van der Waals surface area contributed by atoms with Gasteiger partial charge >= 0.3 is 0 Å². The maximum Gasteiger partial charge on any atom is 0.254 e. The smallest absolute Gasteiger partial charge is 0.254 e. The number of piperidine rings is 1. The molecule has 2 amide bonds. The number of nitrogens with one attached hydrogen (secondary N) is 1. The molecule has 4 heterocycles. The summed E-state index contributed by atoms with van der Waals surface area (Å²) in [6.07, 6.45) is 5.50. The molecule has 2 aliphatic rings. The number of nitrogens with zero attached hydrogens (tertiary/aromatic N) is 5. The molecular weight excluding hydrogens is 408 g/mol. The molecule has 9 heteroatoms. The first-order chi connectivity index (χ1) is 15.4. The summed E-state index contributed by atoms with van der Waals surface area (Å²) in [6, 6.07) is 1.67. The summed E-state index contributed by atoms with van der Waals surface area (Å²) in [5, 5.41) is 4.40. The Balaban J connectivity index is 1.57. The Morgan fingerprint density at radius 3 is 2.81 bits per heavy atom. The van der Waals surface area contributed by atoms with Crippen molar-refractivity contribution < 1.29 is 9.59 Å². The van der Waals surface area contributed by atoms with E-state index in [4.69, 9.17) is 4.98 Å². The van der Waals surface area contributed by atoms with Crippen molar-refractivity contribution in [2.45, 2.75) is 72.0 Å². The van der Waals surface area contributed by atoms with Gasteiger partial charge in [0.2, 0.25) is 11.8 Å². The summed E-state index contributed by atoms with van der Waals surface area (Å²) >= 11 is 0. The zero-order valence-corrected chi connectivity index (χ0v) is 19.1. The molecule has 1 fully saturated rings. The molecule has 0 aromatic carbocycles. The van der Waals surface area contributed by atoms with Crippen LogP contribution in [0.3, 0.4) is 0 Å². The Bertz CT molecular complexity index is 1060. The van der Waals surface area contributed by atoms with E-state index in [0.29, 0.717) is 56.1 Å². The predicted molar refractivity (Wildman–Crippen MR) is 119 cm³/mol. The topological polar surface area (TPSA) is 104 Å². The Labute approximate surface area is 187 Å². The van der Waals surface area contributed by atoms with Crippen LogP contribution < -0.4 is 5.56 Å². The van der Waals surface area contributed by atoms with Crippen molar-refractivity contribution in [3.05, 3.63) is 45.4 Å². The van der Waals surface area contributed by atoms with Crippen LogP contribution in [0, 0.1) is 12.8 Å². The lowest BCUT2D eigenvalue weighted by atomic mass is 9.98. The molecular formula is C23H32N6O3. The molecule has 172 valence electrons. The third-order valence-electron chi connectivity index (χ3n) is 6.50. The van der Waals surface area contributed by atoms with Crippen molar-refractivity contribution in [1.82, 2.24) is 29.5 Å². The van der Waals surface area contributed by atoms with Crippen LogP contribution in [0.15, 0.2) is 17.1 Å². The van der Waals surface area contributed by atoms with E-state index in [1.165, 1.54) is 0 Å².